The minimum absolute atomic E-state index is 0. The average molecular weight is 377 g/mol. The largest absolute Gasteiger partial charge is 0.324 e. The second kappa shape index (κ2) is 8.32. The summed E-state index contributed by atoms with van der Waals surface area (Å²) in [6.07, 6.45) is 1.39. The first kappa shape index (κ1) is 22.9. The van der Waals surface area contributed by atoms with Crippen molar-refractivity contribution in [1.29, 1.82) is 0 Å². The Hall–Kier alpha value is -1.11. The summed E-state index contributed by atoms with van der Waals surface area (Å²) in [4.78, 5) is 12.2. The zero-order valence-electron chi connectivity index (χ0n) is 15.0. The number of carbonyl (C=O) groups excluding carboxylic acids is 1. The number of rotatable bonds is 6. The van der Waals surface area contributed by atoms with Crippen LogP contribution >= 0.6 is 12.4 Å². The summed E-state index contributed by atoms with van der Waals surface area (Å²) >= 11 is 0. The molecule has 0 spiro atoms. The van der Waals surface area contributed by atoms with Gasteiger partial charge in [0.1, 0.15) is 0 Å². The molecule has 0 bridgehead atoms. The zero-order chi connectivity index (χ0) is 17.9. The van der Waals surface area contributed by atoms with Crippen LogP contribution in [0.4, 0.5) is 5.69 Å². The van der Waals surface area contributed by atoms with Crippen LogP contribution < -0.4 is 11.1 Å². The van der Waals surface area contributed by atoms with Crippen LogP contribution in [-0.4, -0.2) is 24.6 Å². The monoisotopic (exact) mass is 376 g/mol. The molecule has 3 N–H and O–H groups in total. The Morgan fingerprint density at radius 1 is 1.21 bits per heavy atom. The Kier molecular flexibility index (Phi) is 7.93. The van der Waals surface area contributed by atoms with Crippen molar-refractivity contribution in [2.75, 3.05) is 5.32 Å². The van der Waals surface area contributed by atoms with Crippen molar-refractivity contribution < 1.29 is 13.2 Å². The highest BCUT2D eigenvalue weighted by molar-refractivity contribution is 7.91. The number of sulfone groups is 1. The fourth-order valence-corrected chi connectivity index (χ4v) is 3.13. The molecule has 0 aliphatic heterocycles. The predicted molar refractivity (Wildman–Crippen MR) is 102 cm³/mol. The fourth-order valence-electron chi connectivity index (χ4n) is 2.08. The highest BCUT2D eigenvalue weighted by atomic mass is 35.5. The third-order valence-corrected chi connectivity index (χ3v) is 6.34. The Balaban J connectivity index is 0.00000529. The molecule has 1 atom stereocenters. The van der Waals surface area contributed by atoms with Crippen LogP contribution in [0.1, 0.15) is 53.0 Å². The summed E-state index contributed by atoms with van der Waals surface area (Å²) < 4.78 is 23.8. The minimum atomic E-state index is -3.27. The van der Waals surface area contributed by atoms with Gasteiger partial charge in [0.15, 0.2) is 9.84 Å². The minimum Gasteiger partial charge on any atom is -0.324 e. The van der Waals surface area contributed by atoms with Crippen molar-refractivity contribution in [1.82, 2.24) is 0 Å². The van der Waals surface area contributed by atoms with E-state index in [0.717, 1.165) is 6.42 Å². The Morgan fingerprint density at radius 3 is 2.29 bits per heavy atom. The molecular weight excluding hydrogens is 348 g/mol. The lowest BCUT2D eigenvalue weighted by Gasteiger charge is -2.23. The predicted octanol–water partition coefficient (Wildman–Crippen LogP) is 3.28. The molecule has 0 aliphatic rings. The molecule has 0 heterocycles. The van der Waals surface area contributed by atoms with Gasteiger partial charge in [-0.2, -0.15) is 0 Å². The topological polar surface area (TPSA) is 89.3 Å². The van der Waals surface area contributed by atoms with Crippen LogP contribution in [0, 0.1) is 0 Å². The molecule has 0 saturated carbocycles. The molecule has 7 heteroatoms. The summed E-state index contributed by atoms with van der Waals surface area (Å²) in [5.74, 6) is -0.329. The number of halogens is 1. The summed E-state index contributed by atoms with van der Waals surface area (Å²) in [5.41, 5.74) is 6.27. The van der Waals surface area contributed by atoms with Crippen LogP contribution in [0.2, 0.25) is 0 Å². The molecule has 24 heavy (non-hydrogen) atoms. The molecule has 0 aromatic heterocycles. The van der Waals surface area contributed by atoms with Gasteiger partial charge in [-0.3, -0.25) is 4.79 Å². The molecule has 1 aromatic rings. The summed E-state index contributed by atoms with van der Waals surface area (Å²) in [6.45, 7) is 8.70. The highest BCUT2D eigenvalue weighted by Gasteiger charge is 2.29. The standard InChI is InChI=1S/C17H28N2O3S.ClH/c1-6-10-17(5,18)15(20)19-14-9-7-8-13(11-14)12-23(21,22)16(2,3)4;/h7-9,11H,6,10,12,18H2,1-5H3,(H,19,20);1H. The number of nitrogens with two attached hydrogens (primary N) is 1. The average Bonchev–Trinajstić information content (AvgIpc) is 2.37. The summed E-state index contributed by atoms with van der Waals surface area (Å²) in [5, 5.41) is 2.77. The van der Waals surface area contributed by atoms with Gasteiger partial charge in [-0.25, -0.2) is 8.42 Å². The summed E-state index contributed by atoms with van der Waals surface area (Å²) in [6, 6.07) is 6.89. The second-order valence-corrected chi connectivity index (χ2v) is 9.94. The first-order valence-corrected chi connectivity index (χ1v) is 9.46. The molecule has 0 saturated heterocycles. The zero-order valence-corrected chi connectivity index (χ0v) is 16.7. The quantitative estimate of drug-likeness (QED) is 0.797. The lowest BCUT2D eigenvalue weighted by atomic mass is 9.96. The second-order valence-electron chi connectivity index (χ2n) is 7.19. The van der Waals surface area contributed by atoms with E-state index in [1.165, 1.54) is 0 Å². The van der Waals surface area contributed by atoms with Gasteiger partial charge in [0.05, 0.1) is 16.0 Å². The SMILES string of the molecule is CCCC(C)(N)C(=O)Nc1cccc(CS(=O)(=O)C(C)(C)C)c1.Cl. The molecule has 138 valence electrons. The molecule has 0 fully saturated rings. The molecule has 1 aromatic carbocycles. The molecule has 1 rings (SSSR count). The lowest BCUT2D eigenvalue weighted by Crippen LogP contribution is -2.48. The van der Waals surface area contributed by atoms with E-state index < -0.39 is 20.1 Å². The lowest BCUT2D eigenvalue weighted by molar-refractivity contribution is -0.120. The van der Waals surface area contributed by atoms with Gasteiger partial charge in [-0.15, -0.1) is 12.4 Å². The number of carbonyl (C=O) groups is 1. The fraction of sp³-hybridized carbons (Fsp3) is 0.588. The van der Waals surface area contributed by atoms with E-state index in [2.05, 4.69) is 5.32 Å². The van der Waals surface area contributed by atoms with Gasteiger partial charge in [-0.1, -0.05) is 25.5 Å². The van der Waals surface area contributed by atoms with Gasteiger partial charge in [0.2, 0.25) is 5.91 Å². The van der Waals surface area contributed by atoms with Crippen LogP contribution in [0.25, 0.3) is 0 Å². The van der Waals surface area contributed by atoms with Crippen LogP contribution in [0.3, 0.4) is 0 Å². The van der Waals surface area contributed by atoms with E-state index in [9.17, 15) is 13.2 Å². The Morgan fingerprint density at radius 2 is 1.79 bits per heavy atom. The van der Waals surface area contributed by atoms with Crippen molar-refractivity contribution in [3.8, 4) is 0 Å². The Labute approximate surface area is 151 Å². The highest BCUT2D eigenvalue weighted by Crippen LogP contribution is 2.22. The van der Waals surface area contributed by atoms with Crippen molar-refractivity contribution in [2.24, 2.45) is 5.73 Å². The number of hydrogen-bond acceptors (Lipinski definition) is 4. The number of nitrogens with one attached hydrogen (secondary N) is 1. The molecule has 5 nitrogen and oxygen atoms in total. The molecule has 0 aliphatic carbocycles. The van der Waals surface area contributed by atoms with Crippen molar-refractivity contribution in [3.05, 3.63) is 29.8 Å². The summed E-state index contributed by atoms with van der Waals surface area (Å²) in [7, 11) is -3.27. The smallest absolute Gasteiger partial charge is 0.244 e. The molecule has 1 unspecified atom stereocenters. The van der Waals surface area contributed by atoms with Gasteiger partial charge in [0, 0.05) is 5.69 Å². The van der Waals surface area contributed by atoms with E-state index in [0.29, 0.717) is 17.7 Å². The van der Waals surface area contributed by atoms with E-state index in [-0.39, 0.29) is 24.1 Å². The van der Waals surface area contributed by atoms with E-state index in [1.54, 1.807) is 52.0 Å². The maximum Gasteiger partial charge on any atom is 0.244 e. The van der Waals surface area contributed by atoms with Gasteiger partial charge >= 0.3 is 0 Å². The van der Waals surface area contributed by atoms with Crippen LogP contribution in [-0.2, 0) is 20.4 Å². The maximum atomic E-state index is 12.3. The van der Waals surface area contributed by atoms with Crippen molar-refractivity contribution in [2.45, 2.75) is 63.5 Å². The third kappa shape index (κ3) is 6.07. The molecular formula is C17H29ClN2O3S. The normalized spacial score (nSPS) is 14.4. The molecule has 0 radical (unpaired) electrons. The van der Waals surface area contributed by atoms with E-state index >= 15 is 0 Å². The van der Waals surface area contributed by atoms with Gasteiger partial charge in [0.25, 0.3) is 0 Å². The van der Waals surface area contributed by atoms with Crippen LogP contribution in [0.5, 0.6) is 0 Å². The molecule has 1 amide bonds. The van der Waals surface area contributed by atoms with Gasteiger partial charge < -0.3 is 11.1 Å². The van der Waals surface area contributed by atoms with E-state index in [1.807, 2.05) is 6.92 Å². The van der Waals surface area contributed by atoms with Gasteiger partial charge in [-0.05, 0) is 51.8 Å². The van der Waals surface area contributed by atoms with E-state index in [4.69, 9.17) is 5.73 Å². The first-order chi connectivity index (χ1) is 10.4. The van der Waals surface area contributed by atoms with Crippen molar-refractivity contribution in [3.63, 3.8) is 0 Å². The third-order valence-electron chi connectivity index (χ3n) is 3.76. The number of anilines is 1. The number of hydrogen-bond donors (Lipinski definition) is 2. The maximum absolute atomic E-state index is 12.3. The van der Waals surface area contributed by atoms with Crippen LogP contribution in [0.15, 0.2) is 24.3 Å². The Bertz CT molecular complexity index is 665. The van der Waals surface area contributed by atoms with Crippen molar-refractivity contribution >= 4 is 33.8 Å². The number of amides is 1. The number of benzene rings is 1. The first-order valence-electron chi connectivity index (χ1n) is 7.80.